The van der Waals surface area contributed by atoms with E-state index in [0.29, 0.717) is 25.5 Å². The van der Waals surface area contributed by atoms with Gasteiger partial charge in [-0.1, -0.05) is 6.08 Å². The Morgan fingerprint density at radius 3 is 2.74 bits per heavy atom. The molecule has 2 aromatic heterocycles. The number of carbonyl (C=O) groups is 1. The van der Waals surface area contributed by atoms with Gasteiger partial charge in [-0.3, -0.25) is 4.79 Å². The Morgan fingerprint density at radius 1 is 1.30 bits per heavy atom. The minimum atomic E-state index is -0.191. The SMILES string of the molecule is C=CCN(Cc1csc(COc2ccc(OC)cc2)n1)C(=O)c1ccco1. The van der Waals surface area contributed by atoms with E-state index in [2.05, 4.69) is 11.6 Å². The lowest BCUT2D eigenvalue weighted by Gasteiger charge is -2.18. The van der Waals surface area contributed by atoms with Crippen LogP contribution in [0.3, 0.4) is 0 Å². The molecule has 0 fully saturated rings. The summed E-state index contributed by atoms with van der Waals surface area (Å²) in [5.74, 6) is 1.63. The highest BCUT2D eigenvalue weighted by molar-refractivity contribution is 7.09. The summed E-state index contributed by atoms with van der Waals surface area (Å²) in [5, 5.41) is 2.77. The van der Waals surface area contributed by atoms with Crippen molar-refractivity contribution in [2.45, 2.75) is 13.2 Å². The summed E-state index contributed by atoms with van der Waals surface area (Å²) in [7, 11) is 1.62. The van der Waals surface area contributed by atoms with Crippen molar-refractivity contribution in [2.24, 2.45) is 0 Å². The molecule has 0 saturated carbocycles. The molecule has 3 rings (SSSR count). The molecule has 27 heavy (non-hydrogen) atoms. The molecule has 0 spiro atoms. The third kappa shape index (κ3) is 4.98. The van der Waals surface area contributed by atoms with Crippen molar-refractivity contribution in [3.63, 3.8) is 0 Å². The first-order valence-corrected chi connectivity index (χ1v) is 9.21. The number of ether oxygens (including phenoxy) is 2. The smallest absolute Gasteiger partial charge is 0.290 e. The summed E-state index contributed by atoms with van der Waals surface area (Å²) >= 11 is 1.50. The molecular formula is C20H20N2O4S. The second kappa shape index (κ2) is 9.05. The Bertz CT molecular complexity index is 872. The van der Waals surface area contributed by atoms with Gasteiger partial charge in [-0.2, -0.15) is 0 Å². The second-order valence-electron chi connectivity index (χ2n) is 5.65. The standard InChI is InChI=1S/C20H20N2O4S/c1-3-10-22(20(23)18-5-4-11-25-18)12-15-14-27-19(21-15)13-26-17-8-6-16(24-2)7-9-17/h3-9,11,14H,1,10,12-13H2,2H3. The number of aromatic nitrogens is 1. The van der Waals surface area contributed by atoms with Gasteiger partial charge in [-0.15, -0.1) is 17.9 Å². The van der Waals surface area contributed by atoms with Gasteiger partial charge in [0.05, 0.1) is 25.6 Å². The van der Waals surface area contributed by atoms with E-state index in [1.54, 1.807) is 30.2 Å². The average molecular weight is 384 g/mol. The van der Waals surface area contributed by atoms with Gasteiger partial charge in [0.1, 0.15) is 23.1 Å². The number of hydrogen-bond acceptors (Lipinski definition) is 6. The van der Waals surface area contributed by atoms with Crippen molar-refractivity contribution in [2.75, 3.05) is 13.7 Å². The summed E-state index contributed by atoms with van der Waals surface area (Å²) in [6.45, 7) is 4.87. The minimum Gasteiger partial charge on any atom is -0.497 e. The Labute approximate surface area is 161 Å². The van der Waals surface area contributed by atoms with Crippen molar-refractivity contribution in [1.82, 2.24) is 9.88 Å². The van der Waals surface area contributed by atoms with Gasteiger partial charge in [0.15, 0.2) is 5.76 Å². The lowest BCUT2D eigenvalue weighted by molar-refractivity contribution is 0.0729. The minimum absolute atomic E-state index is 0.191. The summed E-state index contributed by atoms with van der Waals surface area (Å²) < 4.78 is 16.1. The molecule has 7 heteroatoms. The molecule has 140 valence electrons. The summed E-state index contributed by atoms with van der Waals surface area (Å²) in [5.41, 5.74) is 0.801. The largest absolute Gasteiger partial charge is 0.497 e. The van der Waals surface area contributed by atoms with Gasteiger partial charge >= 0.3 is 0 Å². The maximum Gasteiger partial charge on any atom is 0.290 e. The topological polar surface area (TPSA) is 64.8 Å². The van der Waals surface area contributed by atoms with Crippen molar-refractivity contribution in [3.05, 3.63) is 77.2 Å². The normalized spacial score (nSPS) is 10.4. The van der Waals surface area contributed by atoms with Crippen molar-refractivity contribution in [3.8, 4) is 11.5 Å². The number of hydrogen-bond donors (Lipinski definition) is 0. The van der Waals surface area contributed by atoms with Crippen LogP contribution in [0, 0.1) is 0 Å². The first-order valence-electron chi connectivity index (χ1n) is 8.33. The Hall–Kier alpha value is -3.06. The van der Waals surface area contributed by atoms with Crippen molar-refractivity contribution >= 4 is 17.2 Å². The molecular weight excluding hydrogens is 364 g/mol. The van der Waals surface area contributed by atoms with E-state index in [1.807, 2.05) is 29.6 Å². The quantitative estimate of drug-likeness (QED) is 0.519. The number of methoxy groups -OCH3 is 1. The van der Waals surface area contributed by atoms with E-state index in [9.17, 15) is 4.79 Å². The zero-order valence-corrected chi connectivity index (χ0v) is 15.8. The van der Waals surface area contributed by atoms with E-state index in [4.69, 9.17) is 13.9 Å². The van der Waals surface area contributed by atoms with Gasteiger partial charge in [0.25, 0.3) is 5.91 Å². The van der Waals surface area contributed by atoms with Crippen LogP contribution in [0.25, 0.3) is 0 Å². The van der Waals surface area contributed by atoms with Crippen LogP contribution >= 0.6 is 11.3 Å². The molecule has 3 aromatic rings. The summed E-state index contributed by atoms with van der Waals surface area (Å²) in [4.78, 5) is 18.7. The number of thiazole rings is 1. The Morgan fingerprint density at radius 2 is 2.07 bits per heavy atom. The molecule has 0 N–H and O–H groups in total. The molecule has 1 amide bonds. The van der Waals surface area contributed by atoms with Crippen LogP contribution in [-0.4, -0.2) is 29.4 Å². The molecule has 0 aliphatic carbocycles. The molecule has 0 atom stereocenters. The number of amides is 1. The van der Waals surface area contributed by atoms with Crippen molar-refractivity contribution < 1.29 is 18.7 Å². The second-order valence-corrected chi connectivity index (χ2v) is 6.59. The lowest BCUT2D eigenvalue weighted by Crippen LogP contribution is -2.30. The van der Waals surface area contributed by atoms with Gasteiger partial charge in [0, 0.05) is 11.9 Å². The van der Waals surface area contributed by atoms with Crippen LogP contribution in [0.2, 0.25) is 0 Å². The highest BCUT2D eigenvalue weighted by Crippen LogP contribution is 2.20. The molecule has 6 nitrogen and oxygen atoms in total. The number of nitrogens with zero attached hydrogens (tertiary/aromatic N) is 2. The first-order chi connectivity index (χ1) is 13.2. The third-order valence-electron chi connectivity index (χ3n) is 3.74. The van der Waals surface area contributed by atoms with E-state index in [0.717, 1.165) is 22.2 Å². The third-order valence-corrected chi connectivity index (χ3v) is 4.61. The lowest BCUT2D eigenvalue weighted by atomic mass is 10.3. The Kier molecular flexibility index (Phi) is 6.27. The van der Waals surface area contributed by atoms with Crippen molar-refractivity contribution in [1.29, 1.82) is 0 Å². The fourth-order valence-corrected chi connectivity index (χ4v) is 3.13. The molecule has 0 aliphatic rings. The molecule has 0 saturated heterocycles. The van der Waals surface area contributed by atoms with Gasteiger partial charge < -0.3 is 18.8 Å². The van der Waals surface area contributed by atoms with Gasteiger partial charge in [-0.25, -0.2) is 4.98 Å². The zero-order chi connectivity index (χ0) is 19.1. The first kappa shape index (κ1) is 18.7. The van der Waals surface area contributed by atoms with Gasteiger partial charge in [-0.05, 0) is 36.4 Å². The maximum atomic E-state index is 12.5. The molecule has 0 unspecified atom stereocenters. The zero-order valence-electron chi connectivity index (χ0n) is 15.0. The molecule has 1 aromatic carbocycles. The van der Waals surface area contributed by atoms with Crippen LogP contribution in [0.15, 0.2) is 65.1 Å². The maximum absolute atomic E-state index is 12.5. The van der Waals surface area contributed by atoms with Crippen LogP contribution in [0.4, 0.5) is 0 Å². The number of furan rings is 1. The van der Waals surface area contributed by atoms with Crippen LogP contribution in [-0.2, 0) is 13.2 Å². The van der Waals surface area contributed by atoms with Crippen LogP contribution in [0.5, 0.6) is 11.5 Å². The average Bonchev–Trinajstić information content (AvgIpc) is 3.38. The highest BCUT2D eigenvalue weighted by atomic mass is 32.1. The predicted octanol–water partition coefficient (Wildman–Crippen LogP) is 4.15. The molecule has 2 heterocycles. The Balaban J connectivity index is 1.59. The summed E-state index contributed by atoms with van der Waals surface area (Å²) in [6.07, 6.45) is 3.16. The van der Waals surface area contributed by atoms with Crippen LogP contribution in [0.1, 0.15) is 21.3 Å². The summed E-state index contributed by atoms with van der Waals surface area (Å²) in [6, 6.07) is 10.7. The highest BCUT2D eigenvalue weighted by Gasteiger charge is 2.18. The number of rotatable bonds is 9. The van der Waals surface area contributed by atoms with E-state index in [1.165, 1.54) is 17.6 Å². The predicted molar refractivity (Wildman–Crippen MR) is 103 cm³/mol. The number of carbonyl (C=O) groups excluding carboxylic acids is 1. The van der Waals surface area contributed by atoms with E-state index >= 15 is 0 Å². The monoisotopic (exact) mass is 384 g/mol. The molecule has 0 aliphatic heterocycles. The van der Waals surface area contributed by atoms with Crippen LogP contribution < -0.4 is 9.47 Å². The fraction of sp³-hybridized carbons (Fsp3) is 0.200. The van der Waals surface area contributed by atoms with E-state index < -0.39 is 0 Å². The molecule has 0 radical (unpaired) electrons. The molecule has 0 bridgehead atoms. The fourth-order valence-electron chi connectivity index (χ4n) is 2.43. The van der Waals surface area contributed by atoms with E-state index in [-0.39, 0.29) is 5.91 Å². The number of benzene rings is 1. The van der Waals surface area contributed by atoms with Gasteiger partial charge in [0.2, 0.25) is 0 Å².